The summed E-state index contributed by atoms with van der Waals surface area (Å²) in [5.41, 5.74) is 0.892. The number of nitrogens with one attached hydrogen (secondary N) is 1. The molecule has 0 aliphatic heterocycles. The third-order valence-electron chi connectivity index (χ3n) is 3.10. The molecule has 5 nitrogen and oxygen atoms in total. The van der Waals surface area contributed by atoms with Crippen molar-refractivity contribution in [2.75, 3.05) is 6.61 Å². The van der Waals surface area contributed by atoms with Gasteiger partial charge < -0.3 is 15.2 Å². The molecule has 0 radical (unpaired) electrons. The lowest BCUT2D eigenvalue weighted by atomic mass is 10.1. The fourth-order valence-electron chi connectivity index (χ4n) is 1.49. The van der Waals surface area contributed by atoms with Crippen LogP contribution < -0.4 is 5.32 Å². The predicted molar refractivity (Wildman–Crippen MR) is 75.6 cm³/mol. The first kappa shape index (κ1) is 16.0. The number of phenolic OH excluding ortho intramolecular Hbond substituents is 1. The maximum atomic E-state index is 11.7. The second-order valence-corrected chi connectivity index (χ2v) is 5.20. The highest BCUT2D eigenvalue weighted by Crippen LogP contribution is 2.19. The van der Waals surface area contributed by atoms with Gasteiger partial charge in [0.15, 0.2) is 6.61 Å². The van der Waals surface area contributed by atoms with Crippen molar-refractivity contribution in [2.45, 2.75) is 33.7 Å². The van der Waals surface area contributed by atoms with Crippen LogP contribution >= 0.6 is 0 Å². The van der Waals surface area contributed by atoms with E-state index in [1.165, 1.54) is 12.1 Å². The molecule has 0 unspecified atom stereocenters. The Balaban J connectivity index is 2.53. The number of carbonyl (C=O) groups excluding carboxylic acids is 2. The lowest BCUT2D eigenvalue weighted by Crippen LogP contribution is -2.38. The number of esters is 1. The predicted octanol–water partition coefficient (Wildman–Crippen LogP) is 2.02. The highest BCUT2D eigenvalue weighted by molar-refractivity contribution is 5.93. The van der Waals surface area contributed by atoms with Gasteiger partial charge in [-0.05, 0) is 37.5 Å². The van der Waals surface area contributed by atoms with E-state index in [4.69, 9.17) is 4.74 Å². The van der Waals surface area contributed by atoms with Gasteiger partial charge in [0.2, 0.25) is 0 Å². The zero-order valence-electron chi connectivity index (χ0n) is 12.3. The number of hydrogen-bond acceptors (Lipinski definition) is 4. The van der Waals surface area contributed by atoms with Gasteiger partial charge in [-0.2, -0.15) is 0 Å². The molecule has 0 aliphatic carbocycles. The number of amides is 1. The zero-order valence-corrected chi connectivity index (χ0v) is 12.3. The van der Waals surface area contributed by atoms with Gasteiger partial charge >= 0.3 is 5.97 Å². The second-order valence-electron chi connectivity index (χ2n) is 5.20. The fourth-order valence-corrected chi connectivity index (χ4v) is 1.49. The molecule has 0 aliphatic rings. The summed E-state index contributed by atoms with van der Waals surface area (Å²) in [6.45, 7) is 7.30. The summed E-state index contributed by atoms with van der Waals surface area (Å²) in [6.07, 6.45) is 0. The quantitative estimate of drug-likeness (QED) is 0.808. The summed E-state index contributed by atoms with van der Waals surface area (Å²) in [5, 5.41) is 12.4. The van der Waals surface area contributed by atoms with Gasteiger partial charge in [0, 0.05) is 6.04 Å². The molecule has 2 N–H and O–H groups in total. The van der Waals surface area contributed by atoms with E-state index in [-0.39, 0.29) is 29.9 Å². The van der Waals surface area contributed by atoms with Crippen LogP contribution in [-0.4, -0.2) is 29.6 Å². The van der Waals surface area contributed by atoms with E-state index < -0.39 is 5.97 Å². The van der Waals surface area contributed by atoms with Crippen LogP contribution in [0.2, 0.25) is 0 Å². The third-order valence-corrected chi connectivity index (χ3v) is 3.10. The van der Waals surface area contributed by atoms with E-state index in [1.54, 1.807) is 13.0 Å². The van der Waals surface area contributed by atoms with Crippen molar-refractivity contribution in [1.29, 1.82) is 0 Å². The smallest absolute Gasteiger partial charge is 0.342 e. The molecular formula is C15H21NO4. The molecule has 20 heavy (non-hydrogen) atoms. The summed E-state index contributed by atoms with van der Waals surface area (Å²) in [6, 6.07) is 4.64. The molecule has 0 aromatic heterocycles. The summed E-state index contributed by atoms with van der Waals surface area (Å²) < 4.78 is 4.88. The van der Waals surface area contributed by atoms with Crippen LogP contribution in [0.4, 0.5) is 0 Å². The lowest BCUT2D eigenvalue weighted by molar-refractivity contribution is -0.125. The standard InChI is InChI=1S/C15H21NO4/c1-9(2)11(4)16-14(18)8-20-15(19)12-6-5-10(3)7-13(12)17/h5-7,9,11,17H,8H2,1-4H3,(H,16,18)/t11-/m1/s1. The Morgan fingerprint density at radius 1 is 1.30 bits per heavy atom. The van der Waals surface area contributed by atoms with Crippen molar-refractivity contribution in [3.05, 3.63) is 29.3 Å². The van der Waals surface area contributed by atoms with Crippen molar-refractivity contribution in [1.82, 2.24) is 5.32 Å². The monoisotopic (exact) mass is 279 g/mol. The van der Waals surface area contributed by atoms with Crippen LogP contribution in [0.5, 0.6) is 5.75 Å². The molecular weight excluding hydrogens is 258 g/mol. The van der Waals surface area contributed by atoms with E-state index in [0.717, 1.165) is 5.56 Å². The highest BCUT2D eigenvalue weighted by atomic mass is 16.5. The minimum absolute atomic E-state index is 0.00831. The topological polar surface area (TPSA) is 75.6 Å². The van der Waals surface area contributed by atoms with Gasteiger partial charge in [-0.1, -0.05) is 19.9 Å². The summed E-state index contributed by atoms with van der Waals surface area (Å²) in [7, 11) is 0. The largest absolute Gasteiger partial charge is 0.507 e. The Bertz CT molecular complexity index is 497. The molecule has 0 saturated heterocycles. The number of benzene rings is 1. The molecule has 0 heterocycles. The first-order valence-corrected chi connectivity index (χ1v) is 6.57. The molecule has 1 aromatic carbocycles. The van der Waals surface area contributed by atoms with Crippen molar-refractivity contribution in [2.24, 2.45) is 5.92 Å². The average molecular weight is 279 g/mol. The minimum Gasteiger partial charge on any atom is -0.507 e. The van der Waals surface area contributed by atoms with E-state index in [0.29, 0.717) is 5.92 Å². The third kappa shape index (κ3) is 4.57. The maximum Gasteiger partial charge on any atom is 0.342 e. The molecule has 0 fully saturated rings. The fraction of sp³-hybridized carbons (Fsp3) is 0.467. The molecule has 1 aromatic rings. The number of ether oxygens (including phenoxy) is 1. The molecule has 0 spiro atoms. The van der Waals surface area contributed by atoms with Gasteiger partial charge in [0.25, 0.3) is 5.91 Å². The Labute approximate surface area is 118 Å². The number of aromatic hydroxyl groups is 1. The highest BCUT2D eigenvalue weighted by Gasteiger charge is 2.16. The van der Waals surface area contributed by atoms with Crippen molar-refractivity contribution >= 4 is 11.9 Å². The van der Waals surface area contributed by atoms with Gasteiger partial charge in [-0.3, -0.25) is 4.79 Å². The first-order valence-electron chi connectivity index (χ1n) is 6.57. The average Bonchev–Trinajstić information content (AvgIpc) is 2.35. The van der Waals surface area contributed by atoms with Crippen molar-refractivity contribution < 1.29 is 19.4 Å². The SMILES string of the molecule is Cc1ccc(C(=O)OCC(=O)N[C@H](C)C(C)C)c(O)c1. The molecule has 0 bridgehead atoms. The van der Waals surface area contributed by atoms with Gasteiger partial charge in [-0.25, -0.2) is 4.79 Å². The van der Waals surface area contributed by atoms with Crippen molar-refractivity contribution in [3.63, 3.8) is 0 Å². The molecule has 0 saturated carbocycles. The van der Waals surface area contributed by atoms with Gasteiger partial charge in [0.05, 0.1) is 0 Å². The maximum absolute atomic E-state index is 11.7. The Morgan fingerprint density at radius 2 is 1.95 bits per heavy atom. The normalized spacial score (nSPS) is 12.1. The molecule has 5 heteroatoms. The minimum atomic E-state index is -0.713. The molecule has 1 rings (SSSR count). The van der Waals surface area contributed by atoms with Crippen LogP contribution in [0, 0.1) is 12.8 Å². The van der Waals surface area contributed by atoms with Gasteiger partial charge in [-0.15, -0.1) is 0 Å². The van der Waals surface area contributed by atoms with Crippen LogP contribution in [0.3, 0.4) is 0 Å². The number of rotatable bonds is 5. The number of hydrogen-bond donors (Lipinski definition) is 2. The number of carbonyl (C=O) groups is 2. The van der Waals surface area contributed by atoms with E-state index in [9.17, 15) is 14.7 Å². The second kappa shape index (κ2) is 6.93. The number of phenols is 1. The van der Waals surface area contributed by atoms with E-state index in [2.05, 4.69) is 5.32 Å². The first-order chi connectivity index (χ1) is 9.31. The van der Waals surface area contributed by atoms with Crippen LogP contribution in [-0.2, 0) is 9.53 Å². The van der Waals surface area contributed by atoms with Crippen molar-refractivity contribution in [3.8, 4) is 5.75 Å². The molecule has 1 atom stereocenters. The van der Waals surface area contributed by atoms with Crippen LogP contribution in [0.1, 0.15) is 36.7 Å². The summed E-state index contributed by atoms with van der Waals surface area (Å²) in [5.74, 6) is -0.914. The number of aryl methyl sites for hydroxylation is 1. The Morgan fingerprint density at radius 3 is 2.50 bits per heavy atom. The van der Waals surface area contributed by atoms with Gasteiger partial charge in [0.1, 0.15) is 11.3 Å². The van der Waals surface area contributed by atoms with Crippen LogP contribution in [0.25, 0.3) is 0 Å². The van der Waals surface area contributed by atoms with Crippen LogP contribution in [0.15, 0.2) is 18.2 Å². The lowest BCUT2D eigenvalue weighted by Gasteiger charge is -2.17. The van der Waals surface area contributed by atoms with E-state index >= 15 is 0 Å². The summed E-state index contributed by atoms with van der Waals surface area (Å²) in [4.78, 5) is 23.3. The Kier molecular flexibility index (Phi) is 5.55. The molecule has 110 valence electrons. The Hall–Kier alpha value is -2.04. The summed E-state index contributed by atoms with van der Waals surface area (Å²) >= 11 is 0. The molecule has 1 amide bonds. The van der Waals surface area contributed by atoms with E-state index in [1.807, 2.05) is 20.8 Å². The zero-order chi connectivity index (χ0) is 15.3.